The molecule has 1 heterocycles. The summed E-state index contributed by atoms with van der Waals surface area (Å²) >= 11 is 0. The Bertz CT molecular complexity index is 670. The number of benzene rings is 1. The fourth-order valence-corrected chi connectivity index (χ4v) is 1.55. The average Bonchev–Trinajstić information content (AvgIpc) is 2.92. The van der Waals surface area contributed by atoms with E-state index in [4.69, 9.17) is 4.42 Å². The van der Waals surface area contributed by atoms with Gasteiger partial charge in [0.2, 0.25) is 5.76 Å². The Kier molecular flexibility index (Phi) is 4.10. The number of carbonyl (C=O) groups excluding carboxylic acids is 2. The molecular weight excluding hydrogens is 263 g/mol. The zero-order valence-corrected chi connectivity index (χ0v) is 10.6. The summed E-state index contributed by atoms with van der Waals surface area (Å²) < 4.78 is 22.6. The molecule has 0 amide bonds. The molecule has 1 aromatic carbocycles. The first-order valence-corrected chi connectivity index (χ1v) is 5.76. The van der Waals surface area contributed by atoms with Gasteiger partial charge in [0.05, 0.1) is 7.11 Å². The summed E-state index contributed by atoms with van der Waals surface area (Å²) in [5, 5.41) is 0. The van der Waals surface area contributed by atoms with Crippen molar-refractivity contribution in [3.05, 3.63) is 65.4 Å². The predicted octanol–water partition coefficient (Wildman–Crippen LogP) is 3.10. The lowest BCUT2D eigenvalue weighted by atomic mass is 10.1. The molecule has 2 rings (SSSR count). The largest absolute Gasteiger partial charge is 0.463 e. The number of allylic oxidation sites excluding steroid dienone is 1. The van der Waals surface area contributed by atoms with Crippen LogP contribution in [0, 0.1) is 5.82 Å². The van der Waals surface area contributed by atoms with E-state index in [1.165, 1.54) is 49.6 Å². The van der Waals surface area contributed by atoms with Gasteiger partial charge in [-0.25, -0.2) is 9.18 Å². The van der Waals surface area contributed by atoms with Crippen molar-refractivity contribution in [2.75, 3.05) is 7.11 Å². The monoisotopic (exact) mass is 274 g/mol. The number of carbonyl (C=O) groups is 2. The van der Waals surface area contributed by atoms with Crippen molar-refractivity contribution in [3.8, 4) is 0 Å². The Hall–Kier alpha value is -2.69. The number of hydrogen-bond donors (Lipinski definition) is 0. The van der Waals surface area contributed by atoms with E-state index in [-0.39, 0.29) is 17.1 Å². The first-order chi connectivity index (χ1) is 9.60. The van der Waals surface area contributed by atoms with E-state index < -0.39 is 11.8 Å². The molecule has 2 aromatic rings. The molecule has 102 valence electrons. The molecule has 0 fully saturated rings. The molecule has 0 aliphatic heterocycles. The Balaban J connectivity index is 2.11. The maximum atomic E-state index is 13.0. The van der Waals surface area contributed by atoms with Gasteiger partial charge in [0, 0.05) is 5.56 Å². The highest BCUT2D eigenvalue weighted by atomic mass is 19.1. The minimum atomic E-state index is -0.596. The highest BCUT2D eigenvalue weighted by Crippen LogP contribution is 2.12. The van der Waals surface area contributed by atoms with E-state index in [0.717, 1.165) is 6.07 Å². The van der Waals surface area contributed by atoms with Gasteiger partial charge in [0.15, 0.2) is 5.78 Å². The minimum absolute atomic E-state index is 0.0466. The maximum Gasteiger partial charge on any atom is 0.373 e. The lowest BCUT2D eigenvalue weighted by Gasteiger charge is -1.95. The SMILES string of the molecule is COC(=O)c1ccc(C=CC(=O)c2cccc(F)c2)o1. The molecule has 0 atom stereocenters. The van der Waals surface area contributed by atoms with Gasteiger partial charge in [-0.05, 0) is 36.4 Å². The highest BCUT2D eigenvalue weighted by Gasteiger charge is 2.10. The van der Waals surface area contributed by atoms with E-state index >= 15 is 0 Å². The van der Waals surface area contributed by atoms with Crippen LogP contribution in [0.15, 0.2) is 46.9 Å². The van der Waals surface area contributed by atoms with Crippen LogP contribution < -0.4 is 0 Å². The Morgan fingerprint density at radius 1 is 1.25 bits per heavy atom. The van der Waals surface area contributed by atoms with Crippen LogP contribution >= 0.6 is 0 Å². The molecule has 5 heteroatoms. The quantitative estimate of drug-likeness (QED) is 0.488. The standard InChI is InChI=1S/C15H11FO4/c1-19-15(18)14-8-6-12(20-14)5-7-13(17)10-3-2-4-11(16)9-10/h2-9H,1H3. The molecule has 0 radical (unpaired) electrons. The third-order valence-electron chi connectivity index (χ3n) is 2.52. The van der Waals surface area contributed by atoms with Crippen LogP contribution in [0.3, 0.4) is 0 Å². The highest BCUT2D eigenvalue weighted by molar-refractivity contribution is 6.06. The molecule has 0 unspecified atom stereocenters. The maximum absolute atomic E-state index is 13.0. The molecule has 4 nitrogen and oxygen atoms in total. The van der Waals surface area contributed by atoms with Crippen molar-refractivity contribution in [2.45, 2.75) is 0 Å². The van der Waals surface area contributed by atoms with Crippen molar-refractivity contribution in [2.24, 2.45) is 0 Å². The van der Waals surface area contributed by atoms with Crippen LogP contribution in [0.25, 0.3) is 6.08 Å². The van der Waals surface area contributed by atoms with E-state index in [1.807, 2.05) is 0 Å². The van der Waals surface area contributed by atoms with Gasteiger partial charge in [0.25, 0.3) is 0 Å². The van der Waals surface area contributed by atoms with Crippen LogP contribution in [-0.4, -0.2) is 18.9 Å². The number of halogens is 1. The number of esters is 1. The molecule has 0 saturated carbocycles. The van der Waals surface area contributed by atoms with Crippen LogP contribution in [0.5, 0.6) is 0 Å². The van der Waals surface area contributed by atoms with Crippen LogP contribution in [0.2, 0.25) is 0 Å². The van der Waals surface area contributed by atoms with E-state index in [2.05, 4.69) is 4.74 Å². The van der Waals surface area contributed by atoms with Gasteiger partial charge >= 0.3 is 5.97 Å². The number of methoxy groups -OCH3 is 1. The van der Waals surface area contributed by atoms with Crippen molar-refractivity contribution in [1.29, 1.82) is 0 Å². The van der Waals surface area contributed by atoms with Gasteiger partial charge in [-0.15, -0.1) is 0 Å². The zero-order valence-electron chi connectivity index (χ0n) is 10.6. The molecule has 0 saturated heterocycles. The second kappa shape index (κ2) is 5.97. The van der Waals surface area contributed by atoms with Crippen molar-refractivity contribution < 1.29 is 23.1 Å². The van der Waals surface area contributed by atoms with E-state index in [0.29, 0.717) is 5.76 Å². The van der Waals surface area contributed by atoms with Crippen molar-refractivity contribution in [1.82, 2.24) is 0 Å². The molecule has 20 heavy (non-hydrogen) atoms. The Morgan fingerprint density at radius 2 is 2.05 bits per heavy atom. The predicted molar refractivity (Wildman–Crippen MR) is 69.8 cm³/mol. The molecule has 0 aliphatic carbocycles. The van der Waals surface area contributed by atoms with E-state index in [9.17, 15) is 14.0 Å². The fraction of sp³-hybridized carbons (Fsp3) is 0.0667. The number of rotatable bonds is 4. The van der Waals surface area contributed by atoms with Gasteiger partial charge in [-0.3, -0.25) is 4.79 Å². The fourth-order valence-electron chi connectivity index (χ4n) is 1.55. The number of furan rings is 1. The third kappa shape index (κ3) is 3.20. The topological polar surface area (TPSA) is 56.5 Å². The average molecular weight is 274 g/mol. The minimum Gasteiger partial charge on any atom is -0.463 e. The summed E-state index contributed by atoms with van der Waals surface area (Å²) in [6.45, 7) is 0. The second-order valence-electron chi connectivity index (χ2n) is 3.90. The summed E-state index contributed by atoms with van der Waals surface area (Å²) in [5.74, 6) is -1.06. The first-order valence-electron chi connectivity index (χ1n) is 5.76. The first kappa shape index (κ1) is 13.7. The molecule has 0 aliphatic rings. The summed E-state index contributed by atoms with van der Waals surface area (Å²) in [5.41, 5.74) is 0.237. The van der Waals surface area contributed by atoms with Crippen LogP contribution in [-0.2, 0) is 4.74 Å². The number of ether oxygens (including phenoxy) is 1. The van der Waals surface area contributed by atoms with Crippen LogP contribution in [0.1, 0.15) is 26.7 Å². The molecule has 0 N–H and O–H groups in total. The van der Waals surface area contributed by atoms with E-state index in [1.54, 1.807) is 0 Å². The second-order valence-corrected chi connectivity index (χ2v) is 3.90. The lowest BCUT2D eigenvalue weighted by molar-refractivity contribution is 0.0564. The van der Waals surface area contributed by atoms with Gasteiger partial charge < -0.3 is 9.15 Å². The normalized spacial score (nSPS) is 10.7. The van der Waals surface area contributed by atoms with Crippen molar-refractivity contribution in [3.63, 3.8) is 0 Å². The molecule has 1 aromatic heterocycles. The Labute approximate surface area is 114 Å². The molecular formula is C15H11FO4. The summed E-state index contributed by atoms with van der Waals surface area (Å²) in [6.07, 6.45) is 2.65. The summed E-state index contributed by atoms with van der Waals surface area (Å²) in [4.78, 5) is 23.0. The van der Waals surface area contributed by atoms with Gasteiger partial charge in [0.1, 0.15) is 11.6 Å². The number of ketones is 1. The molecule has 0 bridgehead atoms. The lowest BCUT2D eigenvalue weighted by Crippen LogP contribution is -1.98. The van der Waals surface area contributed by atoms with Crippen LogP contribution in [0.4, 0.5) is 4.39 Å². The smallest absolute Gasteiger partial charge is 0.373 e. The summed E-state index contributed by atoms with van der Waals surface area (Å²) in [7, 11) is 1.24. The zero-order chi connectivity index (χ0) is 14.5. The Morgan fingerprint density at radius 3 is 2.75 bits per heavy atom. The number of hydrogen-bond acceptors (Lipinski definition) is 4. The van der Waals surface area contributed by atoms with Gasteiger partial charge in [-0.2, -0.15) is 0 Å². The van der Waals surface area contributed by atoms with Crippen molar-refractivity contribution >= 4 is 17.8 Å². The van der Waals surface area contributed by atoms with Gasteiger partial charge in [-0.1, -0.05) is 12.1 Å². The molecule has 0 spiro atoms. The third-order valence-corrected chi connectivity index (χ3v) is 2.52. The summed E-state index contributed by atoms with van der Waals surface area (Å²) in [6, 6.07) is 8.35.